The van der Waals surface area contributed by atoms with Gasteiger partial charge in [0.15, 0.2) is 0 Å². The lowest BCUT2D eigenvalue weighted by Crippen LogP contribution is -2.24. The van der Waals surface area contributed by atoms with Crippen LogP contribution in [-0.2, 0) is 10.0 Å². The highest BCUT2D eigenvalue weighted by Crippen LogP contribution is 2.16. The zero-order chi connectivity index (χ0) is 18.0. The van der Waals surface area contributed by atoms with Crippen LogP contribution in [0.15, 0.2) is 40.8 Å². The third-order valence-corrected chi connectivity index (χ3v) is 5.18. The van der Waals surface area contributed by atoms with Gasteiger partial charge in [0.2, 0.25) is 10.0 Å². The monoisotopic (exact) mass is 354 g/mol. The molecule has 0 radical (unpaired) electrons. The number of allylic oxidation sites excluding steroid dienone is 2. The van der Waals surface area contributed by atoms with E-state index in [0.29, 0.717) is 6.54 Å². The molecule has 0 amide bonds. The summed E-state index contributed by atoms with van der Waals surface area (Å²) in [7, 11) is -3.62. The molecule has 0 aliphatic carbocycles. The van der Waals surface area contributed by atoms with E-state index in [-0.39, 0.29) is 10.6 Å². The fraction of sp³-hybridized carbons (Fsp3) is 0.529. The van der Waals surface area contributed by atoms with Gasteiger partial charge in [0, 0.05) is 18.7 Å². The first kappa shape index (κ1) is 20.3. The number of benzene rings is 1. The predicted octanol–water partition coefficient (Wildman–Crippen LogP) is 4.18. The molecular formula is C17H26N2O4S. The summed E-state index contributed by atoms with van der Waals surface area (Å²) >= 11 is 0. The molecule has 0 aromatic heterocycles. The number of hydrogen-bond acceptors (Lipinski definition) is 4. The van der Waals surface area contributed by atoms with Crippen molar-refractivity contribution in [2.45, 2.75) is 57.3 Å². The van der Waals surface area contributed by atoms with Crippen molar-refractivity contribution in [3.8, 4) is 0 Å². The van der Waals surface area contributed by atoms with Crippen molar-refractivity contribution in [1.82, 2.24) is 4.72 Å². The Morgan fingerprint density at radius 2 is 1.88 bits per heavy atom. The molecule has 1 aromatic rings. The summed E-state index contributed by atoms with van der Waals surface area (Å²) < 4.78 is 26.7. The highest BCUT2D eigenvalue weighted by Gasteiger charge is 2.15. The second kappa shape index (κ2) is 10.2. The van der Waals surface area contributed by atoms with E-state index >= 15 is 0 Å². The van der Waals surface area contributed by atoms with Gasteiger partial charge in [-0.15, -0.1) is 0 Å². The lowest BCUT2D eigenvalue weighted by Gasteiger charge is -2.07. The van der Waals surface area contributed by atoms with Gasteiger partial charge in [-0.2, -0.15) is 0 Å². The van der Waals surface area contributed by atoms with Gasteiger partial charge in [0.25, 0.3) is 5.69 Å². The highest BCUT2D eigenvalue weighted by atomic mass is 32.2. The molecule has 0 saturated heterocycles. The molecule has 24 heavy (non-hydrogen) atoms. The highest BCUT2D eigenvalue weighted by molar-refractivity contribution is 7.89. The standard InChI is InChI=1S/C17H26N2O4S/c1-3-4-5-6-8-15(2)9-7-14-18-24(22,23)17-12-10-16(11-13-17)19(20)21/h8,10-13,18H,3-7,9,14H2,1-2H3/b15-8+. The molecule has 0 bridgehead atoms. The van der Waals surface area contributed by atoms with Gasteiger partial charge in [-0.05, 0) is 44.7 Å². The summed E-state index contributed by atoms with van der Waals surface area (Å²) in [4.78, 5) is 10.1. The van der Waals surface area contributed by atoms with E-state index in [0.717, 1.165) is 19.3 Å². The van der Waals surface area contributed by atoms with E-state index in [1.165, 1.54) is 49.1 Å². The average molecular weight is 354 g/mol. The SMILES string of the molecule is CCCCC/C=C(\C)CCCNS(=O)(=O)c1ccc([N+](=O)[O-])cc1. The quantitative estimate of drug-likeness (QED) is 0.279. The summed E-state index contributed by atoms with van der Waals surface area (Å²) in [5.41, 5.74) is 1.15. The molecule has 0 heterocycles. The number of nitrogens with zero attached hydrogens (tertiary/aromatic N) is 1. The average Bonchev–Trinajstić information content (AvgIpc) is 2.56. The molecule has 0 aliphatic rings. The molecule has 1 rings (SSSR count). The maximum atomic E-state index is 12.1. The van der Waals surface area contributed by atoms with E-state index < -0.39 is 14.9 Å². The second-order valence-electron chi connectivity index (χ2n) is 5.80. The Morgan fingerprint density at radius 3 is 2.46 bits per heavy atom. The van der Waals surface area contributed by atoms with Crippen LogP contribution in [0.4, 0.5) is 5.69 Å². The van der Waals surface area contributed by atoms with Crippen molar-refractivity contribution in [1.29, 1.82) is 0 Å². The van der Waals surface area contributed by atoms with Crippen molar-refractivity contribution >= 4 is 15.7 Å². The van der Waals surface area contributed by atoms with Gasteiger partial charge >= 0.3 is 0 Å². The molecule has 6 nitrogen and oxygen atoms in total. The normalized spacial score (nSPS) is 12.3. The van der Waals surface area contributed by atoms with Gasteiger partial charge < -0.3 is 0 Å². The van der Waals surface area contributed by atoms with E-state index in [1.54, 1.807) is 0 Å². The number of nitro groups is 1. The minimum absolute atomic E-state index is 0.0416. The van der Waals surface area contributed by atoms with E-state index in [4.69, 9.17) is 0 Å². The van der Waals surface area contributed by atoms with Crippen LogP contribution in [-0.4, -0.2) is 19.9 Å². The Morgan fingerprint density at radius 1 is 1.21 bits per heavy atom. The maximum absolute atomic E-state index is 12.1. The van der Waals surface area contributed by atoms with E-state index in [1.807, 2.05) is 0 Å². The second-order valence-corrected chi connectivity index (χ2v) is 7.57. The first-order valence-electron chi connectivity index (χ1n) is 8.26. The first-order valence-corrected chi connectivity index (χ1v) is 9.75. The lowest BCUT2D eigenvalue weighted by molar-refractivity contribution is -0.384. The molecule has 0 atom stereocenters. The van der Waals surface area contributed by atoms with Crippen molar-refractivity contribution in [3.05, 3.63) is 46.0 Å². The summed E-state index contributed by atoms with van der Waals surface area (Å²) in [6.07, 6.45) is 8.52. The Bertz CT molecular complexity index is 652. The molecule has 1 aromatic carbocycles. The number of sulfonamides is 1. The van der Waals surface area contributed by atoms with E-state index in [9.17, 15) is 18.5 Å². The van der Waals surface area contributed by atoms with Crippen molar-refractivity contribution < 1.29 is 13.3 Å². The fourth-order valence-corrected chi connectivity index (χ4v) is 3.32. The van der Waals surface area contributed by atoms with Crippen LogP contribution in [0.25, 0.3) is 0 Å². The Hall–Kier alpha value is -1.73. The van der Waals surface area contributed by atoms with Crippen LogP contribution >= 0.6 is 0 Å². The number of nitro benzene ring substituents is 1. The van der Waals surface area contributed by atoms with Crippen molar-refractivity contribution in [3.63, 3.8) is 0 Å². The van der Waals surface area contributed by atoms with Crippen molar-refractivity contribution in [2.75, 3.05) is 6.54 Å². The van der Waals surface area contributed by atoms with Gasteiger partial charge in [0.1, 0.15) is 0 Å². The van der Waals surface area contributed by atoms with Gasteiger partial charge in [-0.25, -0.2) is 13.1 Å². The van der Waals surface area contributed by atoms with Gasteiger partial charge in [0.05, 0.1) is 9.82 Å². The third-order valence-electron chi connectivity index (χ3n) is 3.70. The van der Waals surface area contributed by atoms with E-state index in [2.05, 4.69) is 24.6 Å². The third kappa shape index (κ3) is 7.23. The molecule has 7 heteroatoms. The van der Waals surface area contributed by atoms with Crippen LogP contribution in [0, 0.1) is 10.1 Å². The van der Waals surface area contributed by atoms with Crippen LogP contribution < -0.4 is 4.72 Å². The number of rotatable bonds is 11. The van der Waals surface area contributed by atoms with Crippen LogP contribution in [0.5, 0.6) is 0 Å². The molecule has 0 fully saturated rings. The first-order chi connectivity index (χ1) is 11.4. The van der Waals surface area contributed by atoms with Crippen molar-refractivity contribution in [2.24, 2.45) is 0 Å². The molecule has 0 aliphatic heterocycles. The number of nitrogens with one attached hydrogen (secondary N) is 1. The largest absolute Gasteiger partial charge is 0.269 e. The fourth-order valence-electron chi connectivity index (χ4n) is 2.25. The number of hydrogen-bond donors (Lipinski definition) is 1. The molecule has 134 valence electrons. The minimum atomic E-state index is -3.62. The zero-order valence-corrected chi connectivity index (χ0v) is 15.1. The number of unbranched alkanes of at least 4 members (excludes halogenated alkanes) is 3. The van der Waals surface area contributed by atoms with Crippen LogP contribution in [0.2, 0.25) is 0 Å². The topological polar surface area (TPSA) is 89.3 Å². The van der Waals surface area contributed by atoms with Crippen LogP contribution in [0.1, 0.15) is 52.4 Å². The zero-order valence-electron chi connectivity index (χ0n) is 14.3. The summed E-state index contributed by atoms with van der Waals surface area (Å²) in [5, 5.41) is 10.6. The molecule has 0 saturated carbocycles. The Labute approximate surface area is 144 Å². The molecule has 0 unspecified atom stereocenters. The summed E-state index contributed by atoms with van der Waals surface area (Å²) in [6.45, 7) is 4.59. The predicted molar refractivity (Wildman–Crippen MR) is 95.4 cm³/mol. The maximum Gasteiger partial charge on any atom is 0.269 e. The van der Waals surface area contributed by atoms with Gasteiger partial charge in [-0.1, -0.05) is 31.4 Å². The van der Waals surface area contributed by atoms with Gasteiger partial charge in [-0.3, -0.25) is 10.1 Å². The minimum Gasteiger partial charge on any atom is -0.258 e. The smallest absolute Gasteiger partial charge is 0.258 e. The molecule has 0 spiro atoms. The lowest BCUT2D eigenvalue weighted by atomic mass is 10.1. The van der Waals surface area contributed by atoms with Crippen LogP contribution in [0.3, 0.4) is 0 Å². The number of non-ortho nitro benzene ring substituents is 1. The summed E-state index contributed by atoms with van der Waals surface area (Å²) in [5.74, 6) is 0. The Kier molecular flexibility index (Phi) is 8.63. The Balaban J connectivity index is 2.41. The molecular weight excluding hydrogens is 328 g/mol. The summed E-state index contributed by atoms with van der Waals surface area (Å²) in [6, 6.07) is 4.88. The molecule has 1 N–H and O–H groups in total.